The molecule has 1 aromatic rings. The Hall–Kier alpha value is -1.45. The van der Waals surface area contributed by atoms with Crippen molar-refractivity contribution in [3.63, 3.8) is 0 Å². The normalized spacial score (nSPS) is 17.3. The molecule has 1 aliphatic rings. The first-order valence-corrected chi connectivity index (χ1v) is 4.36. The van der Waals surface area contributed by atoms with E-state index in [2.05, 4.69) is 10.3 Å². The van der Waals surface area contributed by atoms with Gasteiger partial charge in [0.25, 0.3) is 0 Å². The van der Waals surface area contributed by atoms with Gasteiger partial charge in [-0.15, -0.1) is 5.10 Å². The Morgan fingerprint density at radius 2 is 2.31 bits per heavy atom. The van der Waals surface area contributed by atoms with Gasteiger partial charge in [0.05, 0.1) is 6.20 Å². The van der Waals surface area contributed by atoms with Gasteiger partial charge in [0.1, 0.15) is 5.69 Å². The van der Waals surface area contributed by atoms with Crippen LogP contribution in [0.4, 0.5) is 0 Å². The van der Waals surface area contributed by atoms with E-state index in [1.54, 1.807) is 10.8 Å². The van der Waals surface area contributed by atoms with Crippen molar-refractivity contribution in [1.29, 1.82) is 0 Å². The van der Waals surface area contributed by atoms with Crippen LogP contribution in [0.2, 0.25) is 0 Å². The van der Waals surface area contributed by atoms with Crippen molar-refractivity contribution in [2.45, 2.75) is 19.3 Å². The van der Waals surface area contributed by atoms with Crippen LogP contribution in [0, 0.1) is 0 Å². The Bertz CT molecular complexity index is 365. The lowest BCUT2D eigenvalue weighted by Crippen LogP contribution is -2.02. The Morgan fingerprint density at radius 1 is 1.46 bits per heavy atom. The van der Waals surface area contributed by atoms with Crippen LogP contribution in [-0.2, 0) is 11.8 Å². The third kappa shape index (κ3) is 1.66. The molecular weight excluding hydrogens is 166 g/mol. The minimum absolute atomic E-state index is 0.201. The van der Waals surface area contributed by atoms with Gasteiger partial charge in [-0.2, -0.15) is 0 Å². The van der Waals surface area contributed by atoms with E-state index in [0.29, 0.717) is 6.42 Å². The van der Waals surface area contributed by atoms with Crippen LogP contribution in [0.1, 0.15) is 25.0 Å². The van der Waals surface area contributed by atoms with E-state index in [-0.39, 0.29) is 5.78 Å². The van der Waals surface area contributed by atoms with Gasteiger partial charge in [-0.1, -0.05) is 5.21 Å². The summed E-state index contributed by atoms with van der Waals surface area (Å²) in [6.45, 7) is 0. The maximum Gasteiger partial charge on any atom is 0.156 e. The zero-order chi connectivity index (χ0) is 9.26. The topological polar surface area (TPSA) is 47.8 Å². The lowest BCUT2D eigenvalue weighted by Gasteiger charge is -2.08. The fourth-order valence-electron chi connectivity index (χ4n) is 1.49. The van der Waals surface area contributed by atoms with Crippen LogP contribution in [0.5, 0.6) is 0 Å². The van der Waals surface area contributed by atoms with Gasteiger partial charge in [-0.3, -0.25) is 9.48 Å². The zero-order valence-electron chi connectivity index (χ0n) is 7.53. The van der Waals surface area contributed by atoms with Gasteiger partial charge in [0.15, 0.2) is 5.78 Å². The van der Waals surface area contributed by atoms with Crippen LogP contribution < -0.4 is 0 Å². The summed E-state index contributed by atoms with van der Waals surface area (Å²) in [7, 11) is 1.82. The van der Waals surface area contributed by atoms with Crippen LogP contribution in [0.25, 0.3) is 5.57 Å². The quantitative estimate of drug-likeness (QED) is 0.641. The van der Waals surface area contributed by atoms with Gasteiger partial charge < -0.3 is 0 Å². The number of hydrogen-bond acceptors (Lipinski definition) is 3. The molecule has 0 spiro atoms. The lowest BCUT2D eigenvalue weighted by atomic mass is 9.97. The van der Waals surface area contributed by atoms with E-state index >= 15 is 0 Å². The van der Waals surface area contributed by atoms with Crippen molar-refractivity contribution in [2.75, 3.05) is 0 Å². The first-order chi connectivity index (χ1) is 6.25. The molecule has 0 radical (unpaired) electrons. The minimum atomic E-state index is 0.201. The van der Waals surface area contributed by atoms with Crippen molar-refractivity contribution < 1.29 is 4.79 Å². The Balaban J connectivity index is 2.30. The number of nitrogens with zero attached hydrogens (tertiary/aromatic N) is 3. The number of allylic oxidation sites excluding steroid dienone is 2. The standard InChI is InChI=1S/C9H11N3O/c1-12-6-9(10-11-12)7-3-2-4-8(13)5-7/h5-6H,2-4H2,1H3. The molecule has 4 nitrogen and oxygen atoms in total. The maximum atomic E-state index is 11.1. The van der Waals surface area contributed by atoms with Gasteiger partial charge in [-0.05, 0) is 24.5 Å². The number of ketones is 1. The molecule has 0 aliphatic heterocycles. The SMILES string of the molecule is Cn1cc(C2=CC(=O)CCC2)nn1. The number of carbonyl (C=O) groups excluding carboxylic acids is 1. The molecular formula is C9H11N3O. The molecule has 0 bridgehead atoms. The molecule has 13 heavy (non-hydrogen) atoms. The van der Waals surface area contributed by atoms with E-state index in [9.17, 15) is 4.79 Å². The molecule has 1 heterocycles. The van der Waals surface area contributed by atoms with Crippen LogP contribution in [-0.4, -0.2) is 20.8 Å². The summed E-state index contributed by atoms with van der Waals surface area (Å²) < 4.78 is 1.65. The second kappa shape index (κ2) is 3.12. The van der Waals surface area contributed by atoms with Crippen molar-refractivity contribution in [2.24, 2.45) is 7.05 Å². The summed E-state index contributed by atoms with van der Waals surface area (Å²) in [4.78, 5) is 11.1. The summed E-state index contributed by atoms with van der Waals surface area (Å²) in [5.74, 6) is 0.201. The summed E-state index contributed by atoms with van der Waals surface area (Å²) >= 11 is 0. The van der Waals surface area contributed by atoms with Gasteiger partial charge in [0, 0.05) is 13.5 Å². The molecule has 0 N–H and O–H groups in total. The highest BCUT2D eigenvalue weighted by Gasteiger charge is 2.13. The molecule has 0 saturated heterocycles. The van der Waals surface area contributed by atoms with Gasteiger partial charge in [-0.25, -0.2) is 0 Å². The number of rotatable bonds is 1. The van der Waals surface area contributed by atoms with E-state index in [1.807, 2.05) is 13.2 Å². The van der Waals surface area contributed by atoms with Crippen LogP contribution >= 0.6 is 0 Å². The predicted molar refractivity (Wildman–Crippen MR) is 47.8 cm³/mol. The molecule has 0 atom stereocenters. The second-order valence-electron chi connectivity index (χ2n) is 3.27. The summed E-state index contributed by atoms with van der Waals surface area (Å²) in [5, 5.41) is 7.80. The van der Waals surface area contributed by atoms with Gasteiger partial charge in [0.2, 0.25) is 0 Å². The molecule has 0 unspecified atom stereocenters. The van der Waals surface area contributed by atoms with Crippen LogP contribution in [0.3, 0.4) is 0 Å². The summed E-state index contributed by atoms with van der Waals surface area (Å²) in [5.41, 5.74) is 1.85. The van der Waals surface area contributed by atoms with E-state index in [4.69, 9.17) is 0 Å². The molecule has 4 heteroatoms. The number of aromatic nitrogens is 3. The van der Waals surface area contributed by atoms with Crippen molar-refractivity contribution >= 4 is 11.4 Å². The van der Waals surface area contributed by atoms with Crippen LogP contribution in [0.15, 0.2) is 12.3 Å². The number of hydrogen-bond donors (Lipinski definition) is 0. The molecule has 0 amide bonds. The van der Waals surface area contributed by atoms with E-state index in [0.717, 1.165) is 24.1 Å². The fourth-order valence-corrected chi connectivity index (χ4v) is 1.49. The number of aryl methyl sites for hydroxylation is 1. The van der Waals surface area contributed by atoms with Gasteiger partial charge >= 0.3 is 0 Å². The molecule has 0 aromatic carbocycles. The Kier molecular flexibility index (Phi) is 1.96. The first kappa shape index (κ1) is 8.16. The third-order valence-corrected chi connectivity index (χ3v) is 2.14. The highest BCUT2D eigenvalue weighted by molar-refractivity contribution is 5.97. The molecule has 68 valence electrons. The Labute approximate surface area is 76.2 Å². The zero-order valence-corrected chi connectivity index (χ0v) is 7.53. The van der Waals surface area contributed by atoms with E-state index < -0.39 is 0 Å². The van der Waals surface area contributed by atoms with E-state index in [1.165, 1.54) is 0 Å². The molecule has 2 rings (SSSR count). The molecule has 1 aliphatic carbocycles. The third-order valence-electron chi connectivity index (χ3n) is 2.14. The molecule has 0 saturated carbocycles. The summed E-state index contributed by atoms with van der Waals surface area (Å²) in [6, 6.07) is 0. The first-order valence-electron chi connectivity index (χ1n) is 4.36. The van der Waals surface area contributed by atoms with Crippen molar-refractivity contribution in [3.05, 3.63) is 18.0 Å². The predicted octanol–water partition coefficient (Wildman–Crippen LogP) is 0.951. The minimum Gasteiger partial charge on any atom is -0.295 e. The average Bonchev–Trinajstić information content (AvgIpc) is 2.52. The number of carbonyl (C=O) groups is 1. The monoisotopic (exact) mass is 177 g/mol. The highest BCUT2D eigenvalue weighted by Crippen LogP contribution is 2.22. The average molecular weight is 177 g/mol. The molecule has 1 aromatic heterocycles. The molecule has 0 fully saturated rings. The maximum absolute atomic E-state index is 11.1. The Morgan fingerprint density at radius 3 is 2.92 bits per heavy atom. The van der Waals surface area contributed by atoms with Crippen molar-refractivity contribution in [1.82, 2.24) is 15.0 Å². The second-order valence-corrected chi connectivity index (χ2v) is 3.27. The smallest absolute Gasteiger partial charge is 0.156 e. The lowest BCUT2D eigenvalue weighted by molar-refractivity contribution is -0.114. The largest absolute Gasteiger partial charge is 0.295 e. The van der Waals surface area contributed by atoms with Crippen molar-refractivity contribution in [3.8, 4) is 0 Å². The highest BCUT2D eigenvalue weighted by atomic mass is 16.1. The summed E-state index contributed by atoms with van der Waals surface area (Å²) in [6.07, 6.45) is 6.06. The fraction of sp³-hybridized carbons (Fsp3) is 0.444.